The number of carboxylic acid groups (broad SMARTS) is 1. The fourth-order valence-electron chi connectivity index (χ4n) is 1.45. The molecule has 2 aromatic heterocycles. The van der Waals surface area contributed by atoms with Crippen LogP contribution in [0.3, 0.4) is 0 Å². The Morgan fingerprint density at radius 3 is 2.61 bits per heavy atom. The Morgan fingerprint density at radius 1 is 1.33 bits per heavy atom. The molecule has 92 valence electrons. The number of hydrogen-bond acceptors (Lipinski definition) is 4. The molecule has 2 N–H and O–H groups in total. The van der Waals surface area contributed by atoms with Gasteiger partial charge < -0.3 is 10.4 Å². The van der Waals surface area contributed by atoms with Crippen LogP contribution in [-0.2, 0) is 7.05 Å². The largest absolute Gasteiger partial charge is 0.476 e. The predicted octanol–water partition coefficient (Wildman–Crippen LogP) is 0.766. The summed E-state index contributed by atoms with van der Waals surface area (Å²) in [5.41, 5.74) is 0.279. The number of carbonyl (C=O) groups excluding carboxylic acids is 1. The molecule has 7 heteroatoms. The van der Waals surface area contributed by atoms with Gasteiger partial charge in [-0.2, -0.15) is 5.10 Å². The molecule has 2 aromatic rings. The Labute approximate surface area is 102 Å². The Morgan fingerprint density at radius 2 is 2.00 bits per heavy atom. The van der Waals surface area contributed by atoms with Crippen molar-refractivity contribution in [1.29, 1.82) is 0 Å². The van der Waals surface area contributed by atoms with Crippen LogP contribution in [0.2, 0.25) is 0 Å². The van der Waals surface area contributed by atoms with Crippen molar-refractivity contribution in [3.05, 3.63) is 42.0 Å². The molecule has 18 heavy (non-hydrogen) atoms. The van der Waals surface area contributed by atoms with Gasteiger partial charge in [0, 0.05) is 31.3 Å². The number of hydrogen-bond donors (Lipinski definition) is 2. The second-order valence-electron chi connectivity index (χ2n) is 3.56. The number of carbonyl (C=O) groups is 2. The van der Waals surface area contributed by atoms with Crippen LogP contribution in [-0.4, -0.2) is 31.7 Å². The van der Waals surface area contributed by atoms with E-state index in [0.717, 1.165) is 0 Å². The summed E-state index contributed by atoms with van der Waals surface area (Å²) in [7, 11) is 1.55. The first-order valence-electron chi connectivity index (χ1n) is 5.06. The highest BCUT2D eigenvalue weighted by Gasteiger charge is 2.20. The zero-order valence-corrected chi connectivity index (χ0v) is 9.49. The highest BCUT2D eigenvalue weighted by atomic mass is 16.4. The van der Waals surface area contributed by atoms with Crippen molar-refractivity contribution in [3.8, 4) is 0 Å². The summed E-state index contributed by atoms with van der Waals surface area (Å²) in [6.07, 6.45) is 4.41. The lowest BCUT2D eigenvalue weighted by Crippen LogP contribution is -2.15. The van der Waals surface area contributed by atoms with Crippen molar-refractivity contribution in [2.75, 3.05) is 5.32 Å². The number of anilines is 1. The second-order valence-corrected chi connectivity index (χ2v) is 3.56. The molecule has 1 amide bonds. The minimum Gasteiger partial charge on any atom is -0.476 e. The number of aromatic carboxylic acids is 1. The Balaban J connectivity index is 2.27. The number of nitrogens with one attached hydrogen (secondary N) is 1. The molecule has 0 aromatic carbocycles. The van der Waals surface area contributed by atoms with Crippen molar-refractivity contribution < 1.29 is 14.7 Å². The molecule has 2 heterocycles. The topological polar surface area (TPSA) is 97.1 Å². The Kier molecular flexibility index (Phi) is 3.05. The van der Waals surface area contributed by atoms with E-state index in [2.05, 4.69) is 15.4 Å². The molecule has 0 spiro atoms. The zero-order chi connectivity index (χ0) is 13.1. The van der Waals surface area contributed by atoms with Gasteiger partial charge in [0.2, 0.25) is 0 Å². The minimum absolute atomic E-state index is 0.0156. The summed E-state index contributed by atoms with van der Waals surface area (Å²) < 4.78 is 1.28. The predicted molar refractivity (Wildman–Crippen MR) is 62.4 cm³/mol. The van der Waals surface area contributed by atoms with E-state index in [4.69, 9.17) is 5.11 Å². The lowest BCUT2D eigenvalue weighted by Gasteiger charge is -2.02. The standard InChI is InChI=1S/C11H10N4O3/c1-15-6-8(9(14-15)11(17)18)10(16)13-7-2-4-12-5-3-7/h2-6H,1H3,(H,17,18)(H,12,13,16). The van der Waals surface area contributed by atoms with E-state index in [1.54, 1.807) is 19.2 Å². The Hall–Kier alpha value is -2.70. The van der Waals surface area contributed by atoms with Gasteiger partial charge in [0.15, 0.2) is 5.69 Å². The van der Waals surface area contributed by atoms with Crippen molar-refractivity contribution >= 4 is 17.6 Å². The fourth-order valence-corrected chi connectivity index (χ4v) is 1.45. The van der Waals surface area contributed by atoms with Gasteiger partial charge in [-0.05, 0) is 12.1 Å². The number of aromatic nitrogens is 3. The van der Waals surface area contributed by atoms with E-state index in [9.17, 15) is 9.59 Å². The number of rotatable bonds is 3. The number of amides is 1. The molecule has 2 rings (SSSR count). The maximum atomic E-state index is 11.9. The summed E-state index contributed by atoms with van der Waals surface area (Å²) in [4.78, 5) is 26.6. The molecule has 0 atom stereocenters. The molecule has 0 saturated heterocycles. The minimum atomic E-state index is -1.24. The van der Waals surface area contributed by atoms with Crippen LogP contribution in [0.5, 0.6) is 0 Å². The molecule has 0 bridgehead atoms. The normalized spacial score (nSPS) is 10.1. The van der Waals surface area contributed by atoms with E-state index in [1.165, 1.54) is 23.3 Å². The van der Waals surface area contributed by atoms with Crippen LogP contribution in [0, 0.1) is 0 Å². The van der Waals surface area contributed by atoms with E-state index < -0.39 is 11.9 Å². The lowest BCUT2D eigenvalue weighted by molar-refractivity contribution is 0.0685. The summed E-state index contributed by atoms with van der Waals surface area (Å²) in [6, 6.07) is 3.21. The van der Waals surface area contributed by atoms with Gasteiger partial charge in [0.1, 0.15) is 0 Å². The van der Waals surface area contributed by atoms with Gasteiger partial charge >= 0.3 is 5.97 Å². The molecule has 0 fully saturated rings. The van der Waals surface area contributed by atoms with Crippen molar-refractivity contribution in [3.63, 3.8) is 0 Å². The molecule has 0 unspecified atom stereocenters. The SMILES string of the molecule is Cn1cc(C(=O)Nc2ccncc2)c(C(=O)O)n1. The van der Waals surface area contributed by atoms with E-state index in [0.29, 0.717) is 5.69 Å². The molecule has 0 aliphatic rings. The number of aryl methyl sites for hydroxylation is 1. The maximum Gasteiger partial charge on any atom is 0.357 e. The van der Waals surface area contributed by atoms with E-state index in [-0.39, 0.29) is 11.3 Å². The highest BCUT2D eigenvalue weighted by Crippen LogP contribution is 2.11. The number of nitrogens with zero attached hydrogens (tertiary/aromatic N) is 3. The number of carboxylic acids is 1. The van der Waals surface area contributed by atoms with Crippen LogP contribution >= 0.6 is 0 Å². The van der Waals surface area contributed by atoms with Crippen LogP contribution in [0.15, 0.2) is 30.7 Å². The summed E-state index contributed by atoms with van der Waals surface area (Å²) in [5.74, 6) is -1.76. The quantitative estimate of drug-likeness (QED) is 0.833. The third-order valence-electron chi connectivity index (χ3n) is 2.21. The monoisotopic (exact) mass is 246 g/mol. The molecule has 0 radical (unpaired) electrons. The van der Waals surface area contributed by atoms with Crippen LogP contribution in [0.4, 0.5) is 5.69 Å². The van der Waals surface area contributed by atoms with E-state index in [1.807, 2.05) is 0 Å². The van der Waals surface area contributed by atoms with Crippen molar-refractivity contribution in [2.45, 2.75) is 0 Å². The van der Waals surface area contributed by atoms with Gasteiger partial charge in [-0.1, -0.05) is 0 Å². The smallest absolute Gasteiger partial charge is 0.357 e. The molecule has 0 aliphatic carbocycles. The lowest BCUT2D eigenvalue weighted by atomic mass is 10.2. The first-order chi connectivity index (χ1) is 8.58. The second kappa shape index (κ2) is 4.66. The van der Waals surface area contributed by atoms with Crippen LogP contribution in [0.25, 0.3) is 0 Å². The van der Waals surface area contributed by atoms with Crippen LogP contribution < -0.4 is 5.32 Å². The molecule has 7 nitrogen and oxygen atoms in total. The number of pyridine rings is 1. The van der Waals surface area contributed by atoms with Gasteiger partial charge in [-0.3, -0.25) is 14.5 Å². The zero-order valence-electron chi connectivity index (χ0n) is 9.49. The maximum absolute atomic E-state index is 11.9. The molecular weight excluding hydrogens is 236 g/mol. The van der Waals surface area contributed by atoms with Crippen molar-refractivity contribution in [1.82, 2.24) is 14.8 Å². The summed E-state index contributed by atoms with van der Waals surface area (Å²) in [6.45, 7) is 0. The third-order valence-corrected chi connectivity index (χ3v) is 2.21. The van der Waals surface area contributed by atoms with Gasteiger partial charge in [-0.25, -0.2) is 4.79 Å². The highest BCUT2D eigenvalue weighted by molar-refractivity contribution is 6.09. The first-order valence-corrected chi connectivity index (χ1v) is 5.06. The van der Waals surface area contributed by atoms with Crippen LogP contribution in [0.1, 0.15) is 20.8 Å². The van der Waals surface area contributed by atoms with E-state index >= 15 is 0 Å². The molecule has 0 saturated carbocycles. The van der Waals surface area contributed by atoms with Crippen molar-refractivity contribution in [2.24, 2.45) is 7.05 Å². The molecular formula is C11H10N4O3. The third kappa shape index (κ3) is 2.34. The summed E-state index contributed by atoms with van der Waals surface area (Å²) in [5, 5.41) is 15.2. The van der Waals surface area contributed by atoms with Gasteiger partial charge in [-0.15, -0.1) is 0 Å². The fraction of sp³-hybridized carbons (Fsp3) is 0.0909. The average Bonchev–Trinajstić information content (AvgIpc) is 2.73. The average molecular weight is 246 g/mol. The van der Waals surface area contributed by atoms with Gasteiger partial charge in [0.25, 0.3) is 5.91 Å². The summed E-state index contributed by atoms with van der Waals surface area (Å²) >= 11 is 0. The van der Waals surface area contributed by atoms with Gasteiger partial charge in [0.05, 0.1) is 5.56 Å². The first kappa shape index (κ1) is 11.8. The molecule has 0 aliphatic heterocycles. The Bertz CT molecular complexity index is 592.